The molecule has 1 aliphatic heterocycles. The molecule has 0 spiro atoms. The summed E-state index contributed by atoms with van der Waals surface area (Å²) in [5.41, 5.74) is 1.79. The van der Waals surface area contributed by atoms with Gasteiger partial charge in [0.2, 0.25) is 0 Å². The van der Waals surface area contributed by atoms with Crippen LogP contribution in [0.1, 0.15) is 12.5 Å². The van der Waals surface area contributed by atoms with Crippen LogP contribution in [0.25, 0.3) is 16.8 Å². The molecule has 0 radical (unpaired) electrons. The Hall–Kier alpha value is -3.05. The fourth-order valence-electron chi connectivity index (χ4n) is 2.87. The van der Waals surface area contributed by atoms with Crippen LogP contribution >= 0.6 is 11.8 Å². The molecule has 0 aromatic heterocycles. The van der Waals surface area contributed by atoms with Gasteiger partial charge in [-0.25, -0.2) is 4.99 Å². The van der Waals surface area contributed by atoms with Crippen LogP contribution in [0, 0.1) is 0 Å². The van der Waals surface area contributed by atoms with E-state index in [1.165, 1.54) is 11.8 Å². The zero-order chi connectivity index (χ0) is 18.6. The van der Waals surface area contributed by atoms with Crippen molar-refractivity contribution in [3.8, 4) is 5.75 Å². The first-order valence-electron chi connectivity index (χ1n) is 8.73. The Morgan fingerprint density at radius 1 is 1.04 bits per heavy atom. The number of nitrogens with one attached hydrogen (secondary N) is 1. The first-order chi connectivity index (χ1) is 13.2. The molecule has 0 aliphatic carbocycles. The Morgan fingerprint density at radius 3 is 2.63 bits per heavy atom. The number of nitrogens with zero attached hydrogens (tertiary/aromatic N) is 1. The highest BCUT2D eigenvalue weighted by atomic mass is 32.2. The third kappa shape index (κ3) is 3.88. The van der Waals surface area contributed by atoms with Gasteiger partial charge in [0.15, 0.2) is 5.17 Å². The summed E-state index contributed by atoms with van der Waals surface area (Å²) < 4.78 is 5.45. The van der Waals surface area contributed by atoms with Gasteiger partial charge >= 0.3 is 0 Å². The minimum Gasteiger partial charge on any atom is -0.494 e. The minimum atomic E-state index is -0.132. The van der Waals surface area contributed by atoms with Crippen LogP contribution in [0.5, 0.6) is 5.75 Å². The van der Waals surface area contributed by atoms with Crippen LogP contribution in [0.3, 0.4) is 0 Å². The van der Waals surface area contributed by atoms with E-state index in [2.05, 4.69) is 22.4 Å². The number of fused-ring (bicyclic) bond motifs is 1. The van der Waals surface area contributed by atoms with E-state index in [0.717, 1.165) is 27.8 Å². The van der Waals surface area contributed by atoms with Gasteiger partial charge in [-0.3, -0.25) is 4.79 Å². The largest absolute Gasteiger partial charge is 0.494 e. The van der Waals surface area contributed by atoms with Crippen molar-refractivity contribution in [1.29, 1.82) is 0 Å². The fraction of sp³-hybridized carbons (Fsp3) is 0.0909. The molecule has 0 bridgehead atoms. The first kappa shape index (κ1) is 17.4. The molecular formula is C22H18N2O2S. The van der Waals surface area contributed by atoms with Crippen molar-refractivity contribution in [1.82, 2.24) is 5.32 Å². The Kier molecular flexibility index (Phi) is 4.94. The molecular weight excluding hydrogens is 356 g/mol. The molecule has 4 rings (SSSR count). The van der Waals surface area contributed by atoms with Crippen molar-refractivity contribution in [3.63, 3.8) is 0 Å². The second-order valence-electron chi connectivity index (χ2n) is 5.98. The third-order valence-electron chi connectivity index (χ3n) is 4.13. The summed E-state index contributed by atoms with van der Waals surface area (Å²) >= 11 is 1.35. The summed E-state index contributed by atoms with van der Waals surface area (Å²) in [5, 5.41) is 5.63. The lowest BCUT2D eigenvalue weighted by atomic mass is 10.1. The van der Waals surface area contributed by atoms with Crippen molar-refractivity contribution in [2.75, 3.05) is 6.61 Å². The molecule has 1 saturated heterocycles. The number of hydrogen-bond donors (Lipinski definition) is 1. The Labute approximate surface area is 162 Å². The zero-order valence-electron chi connectivity index (χ0n) is 14.8. The molecule has 27 heavy (non-hydrogen) atoms. The first-order valence-corrected chi connectivity index (χ1v) is 9.55. The van der Waals surface area contributed by atoms with Crippen molar-refractivity contribution in [2.45, 2.75) is 6.92 Å². The molecule has 134 valence electrons. The standard InChI is InChI=1S/C22H18N2O2S/c1-2-26-17-12-10-15(11-13-17)14-20-21(25)24-22(27-20)23-19-9-5-7-16-6-3-4-8-18(16)19/h3-14H,2H2,1H3,(H,23,24,25). The summed E-state index contributed by atoms with van der Waals surface area (Å²) in [5.74, 6) is 0.689. The van der Waals surface area contributed by atoms with Gasteiger partial charge in [0, 0.05) is 5.39 Å². The Balaban J connectivity index is 1.59. The molecule has 3 aromatic carbocycles. The monoisotopic (exact) mass is 374 g/mol. The average molecular weight is 374 g/mol. The number of aliphatic imine (C=N–C) groups is 1. The molecule has 0 unspecified atom stereocenters. The number of carbonyl (C=O) groups is 1. The number of amides is 1. The summed E-state index contributed by atoms with van der Waals surface area (Å²) in [6, 6.07) is 21.7. The lowest BCUT2D eigenvalue weighted by Crippen LogP contribution is -2.19. The van der Waals surface area contributed by atoms with E-state index in [1.807, 2.05) is 67.6 Å². The molecule has 0 atom stereocenters. The van der Waals surface area contributed by atoms with Crippen molar-refractivity contribution < 1.29 is 9.53 Å². The van der Waals surface area contributed by atoms with Gasteiger partial charge in [-0.2, -0.15) is 0 Å². The van der Waals surface area contributed by atoms with Crippen LogP contribution in [0.4, 0.5) is 5.69 Å². The third-order valence-corrected chi connectivity index (χ3v) is 5.04. The predicted octanol–water partition coefficient (Wildman–Crippen LogP) is 5.13. The van der Waals surface area contributed by atoms with E-state index in [-0.39, 0.29) is 5.91 Å². The number of benzene rings is 3. The quantitative estimate of drug-likeness (QED) is 0.644. The van der Waals surface area contributed by atoms with E-state index >= 15 is 0 Å². The molecule has 1 N–H and O–H groups in total. The molecule has 1 aliphatic rings. The molecule has 3 aromatic rings. The molecule has 1 heterocycles. The number of rotatable bonds is 4. The highest BCUT2D eigenvalue weighted by Gasteiger charge is 2.24. The van der Waals surface area contributed by atoms with Crippen LogP contribution < -0.4 is 10.1 Å². The lowest BCUT2D eigenvalue weighted by Gasteiger charge is -2.02. The zero-order valence-corrected chi connectivity index (χ0v) is 15.6. The number of ether oxygens (including phenoxy) is 1. The van der Waals surface area contributed by atoms with E-state index in [1.54, 1.807) is 0 Å². The SMILES string of the molecule is CCOc1ccc(C=C2SC(=Nc3cccc4ccccc34)NC2=O)cc1. The van der Waals surface area contributed by atoms with Gasteiger partial charge in [0.05, 0.1) is 17.2 Å². The fourth-order valence-corrected chi connectivity index (χ4v) is 3.71. The van der Waals surface area contributed by atoms with Crippen LogP contribution in [-0.4, -0.2) is 17.7 Å². The Morgan fingerprint density at radius 2 is 1.81 bits per heavy atom. The van der Waals surface area contributed by atoms with Crippen LogP contribution in [-0.2, 0) is 4.79 Å². The summed E-state index contributed by atoms with van der Waals surface area (Å²) in [4.78, 5) is 17.6. The Bertz CT molecular complexity index is 1050. The maximum atomic E-state index is 12.3. The molecule has 0 saturated carbocycles. The predicted molar refractivity (Wildman–Crippen MR) is 112 cm³/mol. The number of hydrogen-bond acceptors (Lipinski definition) is 4. The van der Waals surface area contributed by atoms with Crippen molar-refractivity contribution in [3.05, 3.63) is 77.2 Å². The highest BCUT2D eigenvalue weighted by molar-refractivity contribution is 8.18. The normalized spacial score (nSPS) is 16.9. The maximum Gasteiger partial charge on any atom is 0.264 e. The van der Waals surface area contributed by atoms with Gasteiger partial charge in [-0.15, -0.1) is 0 Å². The molecule has 4 nitrogen and oxygen atoms in total. The van der Waals surface area contributed by atoms with Gasteiger partial charge in [-0.1, -0.05) is 48.5 Å². The molecule has 1 fully saturated rings. The van der Waals surface area contributed by atoms with E-state index < -0.39 is 0 Å². The minimum absolute atomic E-state index is 0.132. The van der Waals surface area contributed by atoms with Crippen molar-refractivity contribution in [2.24, 2.45) is 4.99 Å². The van der Waals surface area contributed by atoms with Crippen molar-refractivity contribution >= 4 is 45.4 Å². The van der Waals surface area contributed by atoms with Gasteiger partial charge in [0.1, 0.15) is 5.75 Å². The number of carbonyl (C=O) groups excluding carboxylic acids is 1. The van der Waals surface area contributed by atoms with Gasteiger partial charge in [-0.05, 0) is 53.9 Å². The van der Waals surface area contributed by atoms with Gasteiger partial charge < -0.3 is 10.1 Å². The second kappa shape index (κ2) is 7.68. The van der Waals surface area contributed by atoms with E-state index in [4.69, 9.17) is 4.74 Å². The average Bonchev–Trinajstić information content (AvgIpc) is 3.03. The molecule has 1 amide bonds. The molecule has 5 heteroatoms. The van der Waals surface area contributed by atoms with Crippen LogP contribution in [0.2, 0.25) is 0 Å². The number of thioether (sulfide) groups is 1. The smallest absolute Gasteiger partial charge is 0.264 e. The topological polar surface area (TPSA) is 50.7 Å². The summed E-state index contributed by atoms with van der Waals surface area (Å²) in [6.45, 7) is 2.58. The lowest BCUT2D eigenvalue weighted by molar-refractivity contribution is -0.115. The van der Waals surface area contributed by atoms with Crippen LogP contribution in [0.15, 0.2) is 76.6 Å². The maximum absolute atomic E-state index is 12.3. The van der Waals surface area contributed by atoms with E-state index in [0.29, 0.717) is 16.7 Å². The van der Waals surface area contributed by atoms with E-state index in [9.17, 15) is 4.79 Å². The van der Waals surface area contributed by atoms with Gasteiger partial charge in [0.25, 0.3) is 5.91 Å². The number of amidine groups is 1. The summed E-state index contributed by atoms with van der Waals surface area (Å²) in [7, 11) is 0. The summed E-state index contributed by atoms with van der Waals surface area (Å²) in [6.07, 6.45) is 1.86. The second-order valence-corrected chi connectivity index (χ2v) is 7.01. The highest BCUT2D eigenvalue weighted by Crippen LogP contribution is 2.31.